The van der Waals surface area contributed by atoms with Gasteiger partial charge in [0.2, 0.25) is 15.9 Å². The lowest BCUT2D eigenvalue weighted by Gasteiger charge is -2.36. The van der Waals surface area contributed by atoms with Gasteiger partial charge in [-0.05, 0) is 29.5 Å². The Morgan fingerprint density at radius 1 is 1.10 bits per heavy atom. The molecule has 1 unspecified atom stereocenters. The SMILES string of the molecule is CCCCC(NC(N)=O)C(=O)N1CCN(S(=O)(=O)c2ccc(C(C)(C)C)cc2)CC1. The summed E-state index contributed by atoms with van der Waals surface area (Å²) < 4.78 is 27.4. The van der Waals surface area contributed by atoms with Crippen LogP contribution < -0.4 is 11.1 Å². The van der Waals surface area contributed by atoms with Crippen molar-refractivity contribution in [2.24, 2.45) is 5.73 Å². The van der Waals surface area contributed by atoms with Gasteiger partial charge in [0.25, 0.3) is 0 Å². The van der Waals surface area contributed by atoms with Gasteiger partial charge in [-0.1, -0.05) is 52.7 Å². The Bertz CT molecular complexity index is 839. The molecule has 8 nitrogen and oxygen atoms in total. The van der Waals surface area contributed by atoms with Gasteiger partial charge in [-0.3, -0.25) is 4.79 Å². The molecule has 168 valence electrons. The Labute approximate surface area is 179 Å². The van der Waals surface area contributed by atoms with E-state index in [1.807, 2.05) is 19.1 Å². The normalized spacial score (nSPS) is 16.9. The summed E-state index contributed by atoms with van der Waals surface area (Å²) in [6, 6.07) is 5.58. The molecular weight excluding hydrogens is 404 g/mol. The molecule has 30 heavy (non-hydrogen) atoms. The summed E-state index contributed by atoms with van der Waals surface area (Å²) in [5, 5.41) is 2.51. The Hall–Kier alpha value is -2.13. The number of unbranched alkanes of at least 4 members (excludes halogenated alkanes) is 1. The fraction of sp³-hybridized carbons (Fsp3) is 0.619. The Morgan fingerprint density at radius 2 is 1.67 bits per heavy atom. The Morgan fingerprint density at radius 3 is 2.13 bits per heavy atom. The highest BCUT2D eigenvalue weighted by Crippen LogP contribution is 2.25. The van der Waals surface area contributed by atoms with Crippen molar-refractivity contribution in [2.45, 2.75) is 63.3 Å². The van der Waals surface area contributed by atoms with Gasteiger partial charge < -0.3 is 16.0 Å². The van der Waals surface area contributed by atoms with E-state index in [1.165, 1.54) is 4.31 Å². The molecule has 1 aliphatic heterocycles. The largest absolute Gasteiger partial charge is 0.352 e. The van der Waals surface area contributed by atoms with Crippen LogP contribution in [0, 0.1) is 0 Å². The fourth-order valence-corrected chi connectivity index (χ4v) is 4.90. The second-order valence-corrected chi connectivity index (χ2v) is 10.6. The minimum atomic E-state index is -3.62. The maximum absolute atomic E-state index is 13.0. The van der Waals surface area contributed by atoms with Crippen LogP contribution in [0.25, 0.3) is 0 Å². The van der Waals surface area contributed by atoms with Gasteiger partial charge in [-0.25, -0.2) is 13.2 Å². The minimum absolute atomic E-state index is 0.0540. The van der Waals surface area contributed by atoms with E-state index in [0.717, 1.165) is 18.4 Å². The van der Waals surface area contributed by atoms with Crippen LogP contribution >= 0.6 is 0 Å². The van der Waals surface area contributed by atoms with Crippen molar-refractivity contribution in [2.75, 3.05) is 26.2 Å². The maximum atomic E-state index is 13.0. The summed E-state index contributed by atoms with van der Waals surface area (Å²) in [6.07, 6.45) is 2.19. The van der Waals surface area contributed by atoms with Gasteiger partial charge in [-0.2, -0.15) is 4.31 Å². The lowest BCUT2D eigenvalue weighted by Crippen LogP contribution is -2.56. The van der Waals surface area contributed by atoms with Crippen molar-refractivity contribution in [1.29, 1.82) is 0 Å². The van der Waals surface area contributed by atoms with Gasteiger partial charge in [0.05, 0.1) is 4.90 Å². The van der Waals surface area contributed by atoms with E-state index in [9.17, 15) is 18.0 Å². The highest BCUT2D eigenvalue weighted by Gasteiger charge is 2.33. The summed E-state index contributed by atoms with van der Waals surface area (Å²) in [4.78, 5) is 25.9. The number of carbonyl (C=O) groups is 2. The van der Waals surface area contributed by atoms with Crippen LogP contribution in [0.2, 0.25) is 0 Å². The molecule has 3 amide bonds. The number of primary amides is 1. The number of hydrogen-bond acceptors (Lipinski definition) is 4. The number of rotatable bonds is 7. The van der Waals surface area contributed by atoms with Crippen molar-refractivity contribution in [1.82, 2.24) is 14.5 Å². The Kier molecular flexibility index (Phi) is 7.87. The van der Waals surface area contributed by atoms with Crippen LogP contribution in [0.3, 0.4) is 0 Å². The summed E-state index contributed by atoms with van der Waals surface area (Å²) in [5.41, 5.74) is 6.22. The predicted octanol–water partition coefficient (Wildman–Crippen LogP) is 2.04. The van der Waals surface area contributed by atoms with Crippen LogP contribution in [0.1, 0.15) is 52.5 Å². The van der Waals surface area contributed by atoms with E-state index in [1.54, 1.807) is 17.0 Å². The van der Waals surface area contributed by atoms with Gasteiger partial charge in [0.15, 0.2) is 0 Å². The summed E-state index contributed by atoms with van der Waals surface area (Å²) in [6.45, 7) is 9.22. The number of benzene rings is 1. The summed E-state index contributed by atoms with van der Waals surface area (Å²) in [5.74, 6) is -0.214. The van der Waals surface area contributed by atoms with Crippen molar-refractivity contribution in [3.8, 4) is 0 Å². The molecule has 3 N–H and O–H groups in total. The van der Waals surface area contributed by atoms with E-state index in [2.05, 4.69) is 26.1 Å². The predicted molar refractivity (Wildman–Crippen MR) is 117 cm³/mol. The molecule has 9 heteroatoms. The number of nitrogens with one attached hydrogen (secondary N) is 1. The zero-order valence-corrected chi connectivity index (χ0v) is 19.2. The van der Waals surface area contributed by atoms with Crippen LogP contribution in [0.4, 0.5) is 4.79 Å². The average Bonchev–Trinajstić information content (AvgIpc) is 2.70. The number of urea groups is 1. The molecule has 0 radical (unpaired) electrons. The molecule has 1 saturated heterocycles. The zero-order chi connectivity index (χ0) is 22.5. The van der Waals surface area contributed by atoms with E-state index in [0.29, 0.717) is 6.42 Å². The van der Waals surface area contributed by atoms with E-state index in [-0.39, 0.29) is 42.4 Å². The van der Waals surface area contributed by atoms with E-state index < -0.39 is 22.1 Å². The molecule has 0 saturated carbocycles. The van der Waals surface area contributed by atoms with Crippen LogP contribution in [-0.2, 0) is 20.2 Å². The number of sulfonamides is 1. The number of piperazine rings is 1. The number of hydrogen-bond donors (Lipinski definition) is 2. The summed E-state index contributed by atoms with van der Waals surface area (Å²) >= 11 is 0. The molecule has 0 spiro atoms. The molecule has 1 aromatic rings. The maximum Gasteiger partial charge on any atom is 0.312 e. The molecule has 0 bridgehead atoms. The average molecular weight is 439 g/mol. The second kappa shape index (κ2) is 9.78. The molecular formula is C21H34N4O4S. The van der Waals surface area contributed by atoms with Crippen molar-refractivity contribution < 1.29 is 18.0 Å². The number of nitrogens with zero attached hydrogens (tertiary/aromatic N) is 2. The monoisotopic (exact) mass is 438 g/mol. The molecule has 2 rings (SSSR count). The zero-order valence-electron chi connectivity index (χ0n) is 18.3. The molecule has 1 atom stereocenters. The summed E-state index contributed by atoms with van der Waals surface area (Å²) in [7, 11) is -3.62. The molecule has 1 heterocycles. The molecule has 1 aromatic carbocycles. The second-order valence-electron chi connectivity index (χ2n) is 8.71. The van der Waals surface area contributed by atoms with E-state index >= 15 is 0 Å². The first kappa shape index (κ1) is 24.1. The van der Waals surface area contributed by atoms with Gasteiger partial charge in [-0.15, -0.1) is 0 Å². The third-order valence-electron chi connectivity index (χ3n) is 5.37. The van der Waals surface area contributed by atoms with Crippen LogP contribution in [-0.4, -0.2) is 61.8 Å². The first-order chi connectivity index (χ1) is 14.0. The first-order valence-corrected chi connectivity index (χ1v) is 11.9. The highest BCUT2D eigenvalue weighted by atomic mass is 32.2. The van der Waals surface area contributed by atoms with Gasteiger partial charge in [0, 0.05) is 26.2 Å². The lowest BCUT2D eigenvalue weighted by atomic mass is 9.87. The smallest absolute Gasteiger partial charge is 0.312 e. The fourth-order valence-electron chi connectivity index (χ4n) is 3.48. The molecule has 1 fully saturated rings. The van der Waals surface area contributed by atoms with Crippen molar-refractivity contribution in [3.05, 3.63) is 29.8 Å². The van der Waals surface area contributed by atoms with Gasteiger partial charge >= 0.3 is 6.03 Å². The lowest BCUT2D eigenvalue weighted by molar-refractivity contribution is -0.134. The van der Waals surface area contributed by atoms with Crippen LogP contribution in [0.5, 0.6) is 0 Å². The van der Waals surface area contributed by atoms with E-state index in [4.69, 9.17) is 5.73 Å². The van der Waals surface area contributed by atoms with Gasteiger partial charge in [0.1, 0.15) is 6.04 Å². The Balaban J connectivity index is 2.04. The highest BCUT2D eigenvalue weighted by molar-refractivity contribution is 7.89. The third-order valence-corrected chi connectivity index (χ3v) is 7.28. The topological polar surface area (TPSA) is 113 Å². The minimum Gasteiger partial charge on any atom is -0.352 e. The first-order valence-electron chi connectivity index (χ1n) is 10.4. The van der Waals surface area contributed by atoms with Crippen LogP contribution in [0.15, 0.2) is 29.2 Å². The van der Waals surface area contributed by atoms with Crippen molar-refractivity contribution >= 4 is 22.0 Å². The number of amides is 3. The molecule has 1 aliphatic rings. The molecule has 0 aliphatic carbocycles. The van der Waals surface area contributed by atoms with Crippen molar-refractivity contribution in [3.63, 3.8) is 0 Å². The quantitative estimate of drug-likeness (QED) is 0.678. The molecule has 0 aromatic heterocycles. The number of nitrogens with two attached hydrogens (primary N) is 1. The number of carbonyl (C=O) groups excluding carboxylic acids is 2. The third kappa shape index (κ3) is 5.95. The standard InChI is InChI=1S/C21H34N4O4S/c1-5-6-7-18(23-20(22)27)19(26)24-12-14-25(15-13-24)30(28,29)17-10-8-16(9-11-17)21(2,3)4/h8-11,18H,5-7,12-15H2,1-4H3,(H3,22,23,27).